The van der Waals surface area contributed by atoms with Gasteiger partial charge in [0.25, 0.3) is 5.91 Å². The van der Waals surface area contributed by atoms with E-state index in [1.807, 2.05) is 54.6 Å². The highest BCUT2D eigenvalue weighted by Crippen LogP contribution is 2.35. The SMILES string of the molecule is CC(=NOCC(=O)NN=Cc1sc2ccccc2c1O)c1ccccc1. The van der Waals surface area contributed by atoms with Crippen LogP contribution in [0.4, 0.5) is 0 Å². The number of aromatic hydroxyl groups is 1. The smallest absolute Gasteiger partial charge is 0.280 e. The molecule has 6 nitrogen and oxygen atoms in total. The fourth-order valence-corrected chi connectivity index (χ4v) is 3.22. The lowest BCUT2D eigenvalue weighted by atomic mass is 10.1. The summed E-state index contributed by atoms with van der Waals surface area (Å²) in [6.07, 6.45) is 1.41. The van der Waals surface area contributed by atoms with Gasteiger partial charge in [0, 0.05) is 10.1 Å². The Hall–Kier alpha value is -3.19. The number of nitrogens with zero attached hydrogens (tertiary/aromatic N) is 2. The minimum Gasteiger partial charge on any atom is -0.506 e. The molecular weight excluding hydrogens is 350 g/mol. The third-order valence-electron chi connectivity index (χ3n) is 3.56. The summed E-state index contributed by atoms with van der Waals surface area (Å²) in [7, 11) is 0. The molecule has 0 aliphatic carbocycles. The van der Waals surface area contributed by atoms with E-state index in [2.05, 4.69) is 15.7 Å². The predicted molar refractivity (Wildman–Crippen MR) is 104 cm³/mol. The Morgan fingerprint density at radius 2 is 1.92 bits per heavy atom. The summed E-state index contributed by atoms with van der Waals surface area (Å²) in [5, 5.41) is 18.7. The molecule has 0 spiro atoms. The lowest BCUT2D eigenvalue weighted by Crippen LogP contribution is -2.22. The van der Waals surface area contributed by atoms with E-state index in [1.54, 1.807) is 6.92 Å². The fraction of sp³-hybridized carbons (Fsp3) is 0.105. The van der Waals surface area contributed by atoms with Gasteiger partial charge < -0.3 is 9.94 Å². The van der Waals surface area contributed by atoms with Gasteiger partial charge in [-0.15, -0.1) is 11.3 Å². The van der Waals surface area contributed by atoms with Gasteiger partial charge in [0.15, 0.2) is 6.61 Å². The van der Waals surface area contributed by atoms with Crippen LogP contribution in [0.2, 0.25) is 0 Å². The van der Waals surface area contributed by atoms with Crippen LogP contribution in [0, 0.1) is 0 Å². The van der Waals surface area contributed by atoms with Gasteiger partial charge in [-0.2, -0.15) is 5.10 Å². The second-order valence-corrected chi connectivity index (χ2v) is 6.50. The molecule has 2 aromatic carbocycles. The topological polar surface area (TPSA) is 83.3 Å². The van der Waals surface area contributed by atoms with Crippen molar-refractivity contribution < 1.29 is 14.7 Å². The maximum atomic E-state index is 11.7. The number of thiophene rings is 1. The molecule has 0 aliphatic rings. The minimum absolute atomic E-state index is 0.155. The Bertz CT molecular complexity index is 965. The molecule has 0 fully saturated rings. The molecule has 3 rings (SSSR count). The van der Waals surface area contributed by atoms with E-state index in [1.165, 1.54) is 17.6 Å². The van der Waals surface area contributed by atoms with E-state index in [0.717, 1.165) is 15.6 Å². The first kappa shape index (κ1) is 17.6. The van der Waals surface area contributed by atoms with Crippen LogP contribution in [-0.2, 0) is 9.63 Å². The van der Waals surface area contributed by atoms with Crippen LogP contribution in [0.15, 0.2) is 64.9 Å². The van der Waals surface area contributed by atoms with Gasteiger partial charge in [-0.25, -0.2) is 5.43 Å². The number of hydrogen-bond acceptors (Lipinski definition) is 6. The van der Waals surface area contributed by atoms with E-state index < -0.39 is 5.91 Å². The van der Waals surface area contributed by atoms with Gasteiger partial charge in [0.1, 0.15) is 5.75 Å². The van der Waals surface area contributed by atoms with Crippen molar-refractivity contribution in [1.29, 1.82) is 0 Å². The van der Waals surface area contributed by atoms with E-state index in [4.69, 9.17) is 4.84 Å². The maximum absolute atomic E-state index is 11.7. The highest BCUT2D eigenvalue weighted by Gasteiger charge is 2.08. The third-order valence-corrected chi connectivity index (χ3v) is 4.65. The summed E-state index contributed by atoms with van der Waals surface area (Å²) in [5.41, 5.74) is 3.95. The summed E-state index contributed by atoms with van der Waals surface area (Å²) < 4.78 is 0.951. The van der Waals surface area contributed by atoms with Crippen molar-refractivity contribution in [3.05, 3.63) is 65.0 Å². The molecule has 2 N–H and O–H groups in total. The van der Waals surface area contributed by atoms with E-state index in [9.17, 15) is 9.90 Å². The molecule has 0 radical (unpaired) electrons. The van der Waals surface area contributed by atoms with Crippen molar-refractivity contribution in [2.45, 2.75) is 6.92 Å². The molecule has 1 aromatic heterocycles. The minimum atomic E-state index is -0.438. The quantitative estimate of drug-likeness (QED) is 0.517. The average molecular weight is 367 g/mol. The van der Waals surface area contributed by atoms with Crippen LogP contribution >= 0.6 is 11.3 Å². The molecule has 7 heteroatoms. The zero-order valence-electron chi connectivity index (χ0n) is 14.0. The van der Waals surface area contributed by atoms with Gasteiger partial charge >= 0.3 is 0 Å². The summed E-state index contributed by atoms with van der Waals surface area (Å²) >= 11 is 1.39. The summed E-state index contributed by atoms with van der Waals surface area (Å²) in [4.78, 5) is 17.3. The van der Waals surface area contributed by atoms with Gasteiger partial charge in [-0.1, -0.05) is 47.6 Å². The first-order valence-corrected chi connectivity index (χ1v) is 8.71. The van der Waals surface area contributed by atoms with Gasteiger partial charge in [0.05, 0.1) is 16.8 Å². The number of benzene rings is 2. The number of rotatable bonds is 6. The van der Waals surface area contributed by atoms with Crippen LogP contribution in [0.3, 0.4) is 0 Å². The molecule has 3 aromatic rings. The fourth-order valence-electron chi connectivity index (χ4n) is 2.25. The number of oxime groups is 1. The zero-order valence-corrected chi connectivity index (χ0v) is 14.9. The van der Waals surface area contributed by atoms with Gasteiger partial charge in [-0.05, 0) is 24.6 Å². The molecule has 0 saturated carbocycles. The van der Waals surface area contributed by atoms with Crippen molar-refractivity contribution in [2.24, 2.45) is 10.3 Å². The van der Waals surface area contributed by atoms with Crippen LogP contribution in [0.1, 0.15) is 17.4 Å². The lowest BCUT2D eigenvalue weighted by molar-refractivity contribution is -0.125. The molecule has 26 heavy (non-hydrogen) atoms. The van der Waals surface area contributed by atoms with Crippen LogP contribution in [0.25, 0.3) is 10.1 Å². The van der Waals surface area contributed by atoms with Crippen molar-refractivity contribution in [3.8, 4) is 5.75 Å². The average Bonchev–Trinajstić information content (AvgIpc) is 2.98. The van der Waals surface area contributed by atoms with Crippen LogP contribution < -0.4 is 5.43 Å². The van der Waals surface area contributed by atoms with Crippen LogP contribution in [-0.4, -0.2) is 29.5 Å². The van der Waals surface area contributed by atoms with Crippen molar-refractivity contribution >= 4 is 39.3 Å². The Morgan fingerprint density at radius 1 is 1.19 bits per heavy atom. The molecule has 0 aliphatic heterocycles. The number of carbonyl (C=O) groups is 1. The molecule has 0 saturated heterocycles. The summed E-state index contributed by atoms with van der Waals surface area (Å²) in [6.45, 7) is 1.55. The predicted octanol–water partition coefficient (Wildman–Crippen LogP) is 3.50. The van der Waals surface area contributed by atoms with Crippen molar-refractivity contribution in [3.63, 3.8) is 0 Å². The van der Waals surface area contributed by atoms with Crippen molar-refractivity contribution in [2.75, 3.05) is 6.61 Å². The normalized spacial score (nSPS) is 11.8. The molecule has 0 unspecified atom stereocenters. The van der Waals surface area contributed by atoms with Crippen molar-refractivity contribution in [1.82, 2.24) is 5.43 Å². The Balaban J connectivity index is 1.52. The molecule has 1 heterocycles. The van der Waals surface area contributed by atoms with Gasteiger partial charge in [0.2, 0.25) is 0 Å². The largest absolute Gasteiger partial charge is 0.506 e. The number of nitrogens with one attached hydrogen (secondary N) is 1. The standard InChI is InChI=1S/C19H17N3O3S/c1-13(14-7-3-2-4-8-14)22-25-12-18(23)21-20-11-17-19(24)15-9-5-6-10-16(15)26-17/h2-11,24H,12H2,1H3,(H,21,23). The summed E-state index contributed by atoms with van der Waals surface area (Å²) in [6, 6.07) is 17.0. The second-order valence-electron chi connectivity index (χ2n) is 5.42. The molecule has 0 atom stereocenters. The van der Waals surface area contributed by atoms with E-state index >= 15 is 0 Å². The monoisotopic (exact) mass is 367 g/mol. The highest BCUT2D eigenvalue weighted by atomic mass is 32.1. The maximum Gasteiger partial charge on any atom is 0.280 e. The molecule has 0 bridgehead atoms. The molecule has 1 amide bonds. The summed E-state index contributed by atoms with van der Waals surface area (Å²) in [5.74, 6) is -0.283. The van der Waals surface area contributed by atoms with Gasteiger partial charge in [-0.3, -0.25) is 4.79 Å². The first-order valence-electron chi connectivity index (χ1n) is 7.89. The lowest BCUT2D eigenvalue weighted by Gasteiger charge is -2.01. The van der Waals surface area contributed by atoms with E-state index in [0.29, 0.717) is 10.6 Å². The number of carbonyl (C=O) groups excluding carboxylic acids is 1. The zero-order chi connectivity index (χ0) is 18.4. The highest BCUT2D eigenvalue weighted by molar-refractivity contribution is 7.21. The number of hydrazone groups is 1. The molecular formula is C19H17N3O3S. The number of hydrogen-bond donors (Lipinski definition) is 2. The number of fused-ring (bicyclic) bond motifs is 1. The second kappa shape index (κ2) is 8.26. The Morgan fingerprint density at radius 3 is 2.69 bits per heavy atom. The van der Waals surface area contributed by atoms with E-state index in [-0.39, 0.29) is 12.4 Å². The Labute approximate surface area is 154 Å². The number of amides is 1. The Kier molecular flexibility index (Phi) is 5.60. The third kappa shape index (κ3) is 4.25. The first-order chi connectivity index (χ1) is 12.6. The van der Waals surface area contributed by atoms with Crippen LogP contribution in [0.5, 0.6) is 5.75 Å². The molecule has 132 valence electrons.